The second kappa shape index (κ2) is 6.30. The third-order valence-electron chi connectivity index (χ3n) is 2.40. The zero-order valence-electron chi connectivity index (χ0n) is 10.6. The summed E-state index contributed by atoms with van der Waals surface area (Å²) >= 11 is 0. The topological polar surface area (TPSA) is 144 Å². The average Bonchev–Trinajstić information content (AvgIpc) is 2.37. The largest absolute Gasteiger partial charge is 0.388 e. The highest BCUT2D eigenvalue weighted by molar-refractivity contribution is 7.89. The molecule has 0 saturated carbocycles. The highest BCUT2D eigenvalue weighted by atomic mass is 32.2. The summed E-state index contributed by atoms with van der Waals surface area (Å²) in [4.78, 5) is 20.2. The first-order chi connectivity index (χ1) is 9.27. The maximum Gasteiger partial charge on any atom is 0.291 e. The fourth-order valence-electron chi connectivity index (χ4n) is 1.43. The number of amides is 1. The van der Waals surface area contributed by atoms with Crippen molar-refractivity contribution in [1.82, 2.24) is 4.72 Å². The van der Waals surface area contributed by atoms with E-state index in [0.29, 0.717) is 5.69 Å². The number of carbonyl (C=O) groups excluding carboxylic acids is 1. The number of carbonyl (C=O) groups is 1. The minimum absolute atomic E-state index is 0.193. The third kappa shape index (κ3) is 3.90. The third-order valence-corrected chi connectivity index (χ3v) is 3.91. The van der Waals surface area contributed by atoms with Gasteiger partial charge in [-0.05, 0) is 12.1 Å². The molecule has 0 aromatic heterocycles. The van der Waals surface area contributed by atoms with Crippen LogP contribution < -0.4 is 15.8 Å². The number of nitro benzene ring substituents is 1. The number of sulfonamides is 1. The van der Waals surface area contributed by atoms with E-state index in [2.05, 4.69) is 10.0 Å². The van der Waals surface area contributed by atoms with E-state index >= 15 is 0 Å². The summed E-state index contributed by atoms with van der Waals surface area (Å²) < 4.78 is 26.0. The first-order valence-corrected chi connectivity index (χ1v) is 7.00. The summed E-state index contributed by atoms with van der Waals surface area (Å²) in [5, 5.41) is 13.6. The van der Waals surface area contributed by atoms with Crippen molar-refractivity contribution >= 4 is 27.3 Å². The first kappa shape index (κ1) is 15.9. The predicted molar refractivity (Wildman–Crippen MR) is 71.6 cm³/mol. The predicted octanol–water partition coefficient (Wildman–Crippen LogP) is -0.210. The van der Waals surface area contributed by atoms with E-state index in [1.54, 1.807) is 7.05 Å². The lowest BCUT2D eigenvalue weighted by atomic mass is 10.3. The van der Waals surface area contributed by atoms with Crippen molar-refractivity contribution in [2.45, 2.75) is 11.3 Å². The molecule has 0 radical (unpaired) electrons. The summed E-state index contributed by atoms with van der Waals surface area (Å²) in [5.41, 5.74) is 4.74. The number of nitrogens with two attached hydrogens (primary N) is 1. The summed E-state index contributed by atoms with van der Waals surface area (Å²) in [6.07, 6.45) is -0.193. The SMILES string of the molecule is CNc1ccc(S(=O)(=O)NCCC(N)=O)c([N+](=O)[O-])c1. The van der Waals surface area contributed by atoms with Gasteiger partial charge in [0.25, 0.3) is 5.69 Å². The summed E-state index contributed by atoms with van der Waals surface area (Å²) in [5.74, 6) is -0.673. The highest BCUT2D eigenvalue weighted by Gasteiger charge is 2.25. The number of benzene rings is 1. The maximum atomic E-state index is 12.0. The van der Waals surface area contributed by atoms with Gasteiger partial charge in [-0.25, -0.2) is 13.1 Å². The van der Waals surface area contributed by atoms with Crippen LogP contribution in [0.15, 0.2) is 23.1 Å². The van der Waals surface area contributed by atoms with E-state index in [4.69, 9.17) is 5.73 Å². The molecule has 0 bridgehead atoms. The van der Waals surface area contributed by atoms with Gasteiger partial charge in [-0.1, -0.05) is 0 Å². The van der Waals surface area contributed by atoms with Crippen molar-refractivity contribution in [3.05, 3.63) is 28.3 Å². The average molecular weight is 302 g/mol. The number of primary amides is 1. The molecular weight excluding hydrogens is 288 g/mol. The van der Waals surface area contributed by atoms with E-state index in [1.165, 1.54) is 6.07 Å². The van der Waals surface area contributed by atoms with Crippen molar-refractivity contribution in [2.24, 2.45) is 5.73 Å². The first-order valence-electron chi connectivity index (χ1n) is 5.52. The Hall–Kier alpha value is -2.20. The number of anilines is 1. The lowest BCUT2D eigenvalue weighted by Crippen LogP contribution is -2.28. The van der Waals surface area contributed by atoms with Crippen LogP contribution in [-0.4, -0.2) is 32.8 Å². The Morgan fingerprint density at radius 1 is 1.45 bits per heavy atom. The fourth-order valence-corrected chi connectivity index (χ4v) is 2.61. The molecule has 1 amide bonds. The summed E-state index contributed by atoms with van der Waals surface area (Å²) in [6.45, 7) is -0.220. The van der Waals surface area contributed by atoms with Gasteiger partial charge in [0, 0.05) is 31.8 Å². The molecule has 0 unspecified atom stereocenters. The van der Waals surface area contributed by atoms with Crippen LogP contribution in [0.4, 0.5) is 11.4 Å². The molecule has 20 heavy (non-hydrogen) atoms. The zero-order chi connectivity index (χ0) is 15.3. The van der Waals surface area contributed by atoms with Gasteiger partial charge >= 0.3 is 0 Å². The van der Waals surface area contributed by atoms with Crippen molar-refractivity contribution in [3.63, 3.8) is 0 Å². The normalized spacial score (nSPS) is 11.1. The van der Waals surface area contributed by atoms with E-state index in [0.717, 1.165) is 12.1 Å². The van der Waals surface area contributed by atoms with E-state index in [9.17, 15) is 23.3 Å². The van der Waals surface area contributed by atoms with Gasteiger partial charge in [-0.3, -0.25) is 14.9 Å². The Bertz CT molecular complexity index is 629. The van der Waals surface area contributed by atoms with Crippen molar-refractivity contribution in [2.75, 3.05) is 18.9 Å². The Balaban J connectivity index is 3.11. The molecule has 1 rings (SSSR count). The number of hydrogen-bond donors (Lipinski definition) is 3. The van der Waals surface area contributed by atoms with E-state index in [1.807, 2.05) is 0 Å². The molecule has 10 heteroatoms. The molecule has 4 N–H and O–H groups in total. The summed E-state index contributed by atoms with van der Waals surface area (Å²) in [7, 11) is -2.53. The van der Waals surface area contributed by atoms with Crippen LogP contribution in [0.2, 0.25) is 0 Å². The second-order valence-electron chi connectivity index (χ2n) is 3.80. The maximum absolute atomic E-state index is 12.0. The Kier molecular flexibility index (Phi) is 5.00. The molecule has 110 valence electrons. The standard InChI is InChI=1S/C10H14N4O5S/c1-12-7-2-3-9(8(6-7)14(16)17)20(18,19)13-5-4-10(11)15/h2-3,6,12-13H,4-5H2,1H3,(H2,11,15). The van der Waals surface area contributed by atoms with E-state index in [-0.39, 0.29) is 13.0 Å². The number of hydrogen-bond acceptors (Lipinski definition) is 6. The van der Waals surface area contributed by atoms with Crippen LogP contribution in [0.1, 0.15) is 6.42 Å². The van der Waals surface area contributed by atoms with Crippen LogP contribution in [0.5, 0.6) is 0 Å². The van der Waals surface area contributed by atoms with Gasteiger partial charge in [-0.15, -0.1) is 0 Å². The van der Waals surface area contributed by atoms with Gasteiger partial charge < -0.3 is 11.1 Å². The number of nitrogens with zero attached hydrogens (tertiary/aromatic N) is 1. The molecule has 0 aliphatic heterocycles. The molecule has 1 aromatic rings. The number of nitro groups is 1. The van der Waals surface area contributed by atoms with Crippen LogP contribution in [-0.2, 0) is 14.8 Å². The molecule has 0 aliphatic rings. The highest BCUT2D eigenvalue weighted by Crippen LogP contribution is 2.26. The Morgan fingerprint density at radius 3 is 2.60 bits per heavy atom. The molecule has 0 aliphatic carbocycles. The molecular formula is C10H14N4O5S. The Labute approximate surface area is 115 Å². The lowest BCUT2D eigenvalue weighted by Gasteiger charge is -2.08. The zero-order valence-corrected chi connectivity index (χ0v) is 11.4. The number of nitrogens with one attached hydrogen (secondary N) is 2. The van der Waals surface area contributed by atoms with Crippen LogP contribution in [0.25, 0.3) is 0 Å². The van der Waals surface area contributed by atoms with Crippen molar-refractivity contribution in [3.8, 4) is 0 Å². The minimum atomic E-state index is -4.08. The molecule has 0 spiro atoms. The van der Waals surface area contributed by atoms with Crippen LogP contribution in [0.3, 0.4) is 0 Å². The van der Waals surface area contributed by atoms with Gasteiger partial charge in [-0.2, -0.15) is 0 Å². The van der Waals surface area contributed by atoms with Gasteiger partial charge in [0.1, 0.15) is 0 Å². The second-order valence-corrected chi connectivity index (χ2v) is 5.54. The van der Waals surface area contributed by atoms with Gasteiger partial charge in [0.2, 0.25) is 15.9 Å². The van der Waals surface area contributed by atoms with Gasteiger partial charge in [0.05, 0.1) is 4.92 Å². The lowest BCUT2D eigenvalue weighted by molar-refractivity contribution is -0.387. The molecule has 9 nitrogen and oxygen atoms in total. The number of rotatable bonds is 7. The monoisotopic (exact) mass is 302 g/mol. The molecule has 0 atom stereocenters. The minimum Gasteiger partial charge on any atom is -0.388 e. The van der Waals surface area contributed by atoms with Crippen molar-refractivity contribution < 1.29 is 18.1 Å². The molecule has 0 fully saturated rings. The van der Waals surface area contributed by atoms with Gasteiger partial charge in [0.15, 0.2) is 4.90 Å². The van der Waals surface area contributed by atoms with Crippen LogP contribution >= 0.6 is 0 Å². The van der Waals surface area contributed by atoms with E-state index < -0.39 is 31.4 Å². The molecule has 1 aromatic carbocycles. The van der Waals surface area contributed by atoms with Crippen LogP contribution in [0, 0.1) is 10.1 Å². The fraction of sp³-hybridized carbons (Fsp3) is 0.300. The Morgan fingerprint density at radius 2 is 2.10 bits per heavy atom. The molecule has 0 heterocycles. The quantitative estimate of drug-likeness (QED) is 0.469. The molecule has 0 saturated heterocycles. The smallest absolute Gasteiger partial charge is 0.291 e. The van der Waals surface area contributed by atoms with Crippen molar-refractivity contribution in [1.29, 1.82) is 0 Å². The summed E-state index contributed by atoms with van der Waals surface area (Å²) in [6, 6.07) is 3.63.